The number of carbonyl (C=O) groups is 1. The zero-order chi connectivity index (χ0) is 21.6. The predicted octanol–water partition coefficient (Wildman–Crippen LogP) is 3.96. The largest absolute Gasteiger partial charge is 0.341 e. The van der Waals surface area contributed by atoms with Crippen molar-refractivity contribution < 1.29 is 13.6 Å². The van der Waals surface area contributed by atoms with Crippen molar-refractivity contribution in [2.75, 3.05) is 11.4 Å². The highest BCUT2D eigenvalue weighted by atomic mass is 19.2. The number of pyridine rings is 1. The highest BCUT2D eigenvalue weighted by Crippen LogP contribution is 2.46. The van der Waals surface area contributed by atoms with E-state index < -0.39 is 23.1 Å². The molecule has 5 rings (SSSR count). The van der Waals surface area contributed by atoms with Gasteiger partial charge in [-0.3, -0.25) is 9.78 Å². The third kappa shape index (κ3) is 3.62. The molecule has 0 bridgehead atoms. The van der Waals surface area contributed by atoms with E-state index in [0.29, 0.717) is 5.82 Å². The molecule has 31 heavy (non-hydrogen) atoms. The van der Waals surface area contributed by atoms with Crippen molar-refractivity contribution >= 4 is 17.4 Å². The minimum Gasteiger partial charge on any atom is -0.341 e. The average Bonchev–Trinajstić information content (AvgIpc) is 3.55. The lowest BCUT2D eigenvalue weighted by Crippen LogP contribution is -2.36. The summed E-state index contributed by atoms with van der Waals surface area (Å²) in [6.07, 6.45) is 5.05. The highest BCUT2D eigenvalue weighted by Gasteiger charge is 2.47. The van der Waals surface area contributed by atoms with Crippen molar-refractivity contribution in [3.8, 4) is 0 Å². The number of halogens is 2. The van der Waals surface area contributed by atoms with Gasteiger partial charge in [-0.1, -0.05) is 0 Å². The maximum Gasteiger partial charge on any atom is 0.252 e. The molecular formula is C23H21F2N5O. The molecule has 1 aliphatic heterocycles. The Morgan fingerprint density at radius 3 is 2.68 bits per heavy atom. The Balaban J connectivity index is 1.41. The predicted molar refractivity (Wildman–Crippen MR) is 111 cm³/mol. The monoisotopic (exact) mass is 421 g/mol. The lowest BCUT2D eigenvalue weighted by atomic mass is 10.0. The standard InChI is InChI=1S/C23H21F2N5O/c1-14-26-11-8-21(27-14)30-12-2-3-18-19(30)6-7-20(28-18)23(9-10-23)29-22(31)15-4-5-16(24)17(25)13-15/h4-8,11,13H,2-3,9-10,12H2,1H3,(H,29,31). The van der Waals surface area contributed by atoms with E-state index in [2.05, 4.69) is 20.2 Å². The number of aryl methyl sites for hydroxylation is 2. The van der Waals surface area contributed by atoms with E-state index in [1.165, 1.54) is 6.07 Å². The lowest BCUT2D eigenvalue weighted by Gasteiger charge is -2.30. The number of fused-ring (bicyclic) bond motifs is 1. The van der Waals surface area contributed by atoms with Crippen LogP contribution < -0.4 is 10.2 Å². The first kappa shape index (κ1) is 19.5. The fraction of sp³-hybridized carbons (Fsp3) is 0.304. The number of hydrogen-bond donors (Lipinski definition) is 1. The first-order chi connectivity index (χ1) is 14.9. The van der Waals surface area contributed by atoms with Crippen LogP contribution in [0.15, 0.2) is 42.6 Å². The Morgan fingerprint density at radius 1 is 1.10 bits per heavy atom. The van der Waals surface area contributed by atoms with Crippen LogP contribution in [-0.2, 0) is 12.0 Å². The molecule has 1 saturated carbocycles. The van der Waals surface area contributed by atoms with E-state index in [0.717, 1.165) is 67.3 Å². The molecule has 6 nitrogen and oxygen atoms in total. The van der Waals surface area contributed by atoms with Gasteiger partial charge in [0.15, 0.2) is 11.6 Å². The number of anilines is 2. The fourth-order valence-electron chi connectivity index (χ4n) is 4.04. The van der Waals surface area contributed by atoms with Gasteiger partial charge in [0, 0.05) is 18.3 Å². The van der Waals surface area contributed by atoms with Gasteiger partial charge in [0.25, 0.3) is 5.91 Å². The normalized spacial score (nSPS) is 16.5. The van der Waals surface area contributed by atoms with Gasteiger partial charge in [-0.05, 0) is 69.0 Å². The Kier molecular flexibility index (Phi) is 4.64. The van der Waals surface area contributed by atoms with Crippen molar-refractivity contribution in [2.45, 2.75) is 38.1 Å². The van der Waals surface area contributed by atoms with E-state index in [4.69, 9.17) is 4.98 Å². The smallest absolute Gasteiger partial charge is 0.252 e. The zero-order valence-corrected chi connectivity index (χ0v) is 17.0. The van der Waals surface area contributed by atoms with Crippen LogP contribution in [0.5, 0.6) is 0 Å². The molecule has 0 saturated heterocycles. The number of aromatic nitrogens is 3. The van der Waals surface area contributed by atoms with Crippen LogP contribution in [0.2, 0.25) is 0 Å². The van der Waals surface area contributed by atoms with Crippen molar-refractivity contribution in [1.29, 1.82) is 0 Å². The van der Waals surface area contributed by atoms with Gasteiger partial charge in [-0.2, -0.15) is 0 Å². The molecule has 1 amide bonds. The molecule has 3 aromatic rings. The molecule has 1 fully saturated rings. The average molecular weight is 421 g/mol. The Hall–Kier alpha value is -3.42. The molecule has 0 atom stereocenters. The number of carbonyl (C=O) groups excluding carboxylic acids is 1. The van der Waals surface area contributed by atoms with E-state index >= 15 is 0 Å². The number of nitrogens with one attached hydrogen (secondary N) is 1. The molecule has 2 aliphatic rings. The summed E-state index contributed by atoms with van der Waals surface area (Å²) in [4.78, 5) is 28.4. The van der Waals surface area contributed by atoms with Crippen molar-refractivity contribution in [2.24, 2.45) is 0 Å². The molecule has 2 aromatic heterocycles. The zero-order valence-electron chi connectivity index (χ0n) is 17.0. The van der Waals surface area contributed by atoms with Gasteiger partial charge in [-0.15, -0.1) is 0 Å². The number of amides is 1. The maximum absolute atomic E-state index is 13.5. The molecular weight excluding hydrogens is 400 g/mol. The van der Waals surface area contributed by atoms with Gasteiger partial charge in [0.05, 0.1) is 22.6 Å². The van der Waals surface area contributed by atoms with E-state index in [9.17, 15) is 13.6 Å². The van der Waals surface area contributed by atoms with E-state index in [1.54, 1.807) is 6.20 Å². The van der Waals surface area contributed by atoms with Gasteiger partial charge >= 0.3 is 0 Å². The summed E-state index contributed by atoms with van der Waals surface area (Å²) < 4.78 is 26.7. The minimum atomic E-state index is -1.04. The Morgan fingerprint density at radius 2 is 1.94 bits per heavy atom. The van der Waals surface area contributed by atoms with E-state index in [1.807, 2.05) is 25.1 Å². The molecule has 3 heterocycles. The van der Waals surface area contributed by atoms with E-state index in [-0.39, 0.29) is 5.56 Å². The summed E-state index contributed by atoms with van der Waals surface area (Å²) in [5.41, 5.74) is 2.30. The summed E-state index contributed by atoms with van der Waals surface area (Å²) in [6.45, 7) is 2.71. The second-order valence-corrected chi connectivity index (χ2v) is 8.04. The maximum atomic E-state index is 13.5. The van der Waals surface area contributed by atoms with Crippen LogP contribution in [0.25, 0.3) is 0 Å². The number of nitrogens with zero attached hydrogens (tertiary/aromatic N) is 4. The van der Waals surface area contributed by atoms with Crippen LogP contribution in [0, 0.1) is 18.6 Å². The molecule has 1 N–H and O–H groups in total. The summed E-state index contributed by atoms with van der Waals surface area (Å²) in [5.74, 6) is -0.891. The van der Waals surface area contributed by atoms with Crippen molar-refractivity contribution in [1.82, 2.24) is 20.3 Å². The topological polar surface area (TPSA) is 71.0 Å². The van der Waals surface area contributed by atoms with Crippen LogP contribution in [-0.4, -0.2) is 27.4 Å². The van der Waals surface area contributed by atoms with Crippen LogP contribution in [0.4, 0.5) is 20.3 Å². The fourth-order valence-corrected chi connectivity index (χ4v) is 4.04. The Bertz CT molecular complexity index is 1180. The van der Waals surface area contributed by atoms with Crippen molar-refractivity contribution in [3.63, 3.8) is 0 Å². The second-order valence-electron chi connectivity index (χ2n) is 8.04. The highest BCUT2D eigenvalue weighted by molar-refractivity contribution is 5.95. The summed E-state index contributed by atoms with van der Waals surface area (Å²) in [7, 11) is 0. The van der Waals surface area contributed by atoms with Crippen LogP contribution in [0.3, 0.4) is 0 Å². The van der Waals surface area contributed by atoms with Gasteiger partial charge in [0.1, 0.15) is 11.6 Å². The SMILES string of the molecule is Cc1nccc(N2CCCc3nc(C4(NC(=O)c5ccc(F)c(F)c5)CC4)ccc32)n1. The van der Waals surface area contributed by atoms with Crippen LogP contribution in [0.1, 0.15) is 46.8 Å². The molecule has 1 aromatic carbocycles. The number of hydrogen-bond acceptors (Lipinski definition) is 5. The summed E-state index contributed by atoms with van der Waals surface area (Å²) >= 11 is 0. The number of rotatable bonds is 4. The van der Waals surface area contributed by atoms with Gasteiger partial charge < -0.3 is 10.2 Å². The molecule has 158 valence electrons. The quantitative estimate of drug-likeness (QED) is 0.691. The third-order valence-corrected chi connectivity index (χ3v) is 5.85. The second kappa shape index (κ2) is 7.37. The molecule has 0 unspecified atom stereocenters. The van der Waals surface area contributed by atoms with Gasteiger partial charge in [0.2, 0.25) is 0 Å². The molecule has 8 heteroatoms. The molecule has 1 aliphatic carbocycles. The van der Waals surface area contributed by atoms with Crippen molar-refractivity contribution in [3.05, 3.63) is 77.0 Å². The van der Waals surface area contributed by atoms with Gasteiger partial charge in [-0.25, -0.2) is 18.7 Å². The summed E-state index contributed by atoms with van der Waals surface area (Å²) in [5, 5.41) is 2.98. The molecule has 0 radical (unpaired) electrons. The Labute approximate surface area is 178 Å². The first-order valence-electron chi connectivity index (χ1n) is 10.3. The summed E-state index contributed by atoms with van der Waals surface area (Å²) in [6, 6.07) is 9.01. The molecule has 0 spiro atoms. The third-order valence-electron chi connectivity index (χ3n) is 5.85. The minimum absolute atomic E-state index is 0.0911. The lowest BCUT2D eigenvalue weighted by molar-refractivity contribution is 0.0929. The van der Waals surface area contributed by atoms with Crippen LogP contribution >= 0.6 is 0 Å². The first-order valence-corrected chi connectivity index (χ1v) is 10.3. The number of benzene rings is 1.